The van der Waals surface area contributed by atoms with Crippen molar-refractivity contribution in [2.24, 2.45) is 7.05 Å². The van der Waals surface area contributed by atoms with Gasteiger partial charge in [0.1, 0.15) is 0 Å². The smallest absolute Gasteiger partial charge is 0.375 e. The lowest BCUT2D eigenvalue weighted by molar-refractivity contribution is -0.263. The minimum atomic E-state index is -4.93. The van der Waals surface area contributed by atoms with Crippen molar-refractivity contribution < 1.29 is 23.1 Å². The summed E-state index contributed by atoms with van der Waals surface area (Å²) in [6.07, 6.45) is -2.34. The molecule has 1 aromatic heterocycles. The van der Waals surface area contributed by atoms with E-state index < -0.39 is 24.2 Å². The van der Waals surface area contributed by atoms with Crippen LogP contribution in [-0.2, 0) is 12.6 Å². The Balaban J connectivity index is 2.20. The van der Waals surface area contributed by atoms with Crippen LogP contribution in [0.2, 0.25) is 0 Å². The lowest BCUT2D eigenvalue weighted by Crippen LogP contribution is -2.51. The van der Waals surface area contributed by atoms with Crippen LogP contribution in [0.3, 0.4) is 0 Å². The standard InChI is InChI=1S/C14H14F3N3O2/c1-20-8-10(7-19-20)12(21)18-9-13(22,14(15,16)17)11-5-3-2-4-6-11/h2-8,22H,9H2,1H3,(H,18,21). The van der Waals surface area contributed by atoms with Gasteiger partial charge in [-0.2, -0.15) is 18.3 Å². The number of aromatic nitrogens is 2. The number of halogens is 3. The number of benzene rings is 1. The van der Waals surface area contributed by atoms with Gasteiger partial charge in [-0.3, -0.25) is 9.48 Å². The van der Waals surface area contributed by atoms with Crippen LogP contribution < -0.4 is 5.32 Å². The van der Waals surface area contributed by atoms with E-state index in [9.17, 15) is 23.1 Å². The minimum absolute atomic E-state index is 0.111. The number of hydrogen-bond donors (Lipinski definition) is 2. The van der Waals surface area contributed by atoms with E-state index in [-0.39, 0.29) is 11.1 Å². The van der Waals surface area contributed by atoms with Gasteiger partial charge in [0.15, 0.2) is 0 Å². The summed E-state index contributed by atoms with van der Waals surface area (Å²) in [7, 11) is 1.58. The lowest BCUT2D eigenvalue weighted by atomic mass is 9.93. The van der Waals surface area contributed by atoms with Crippen molar-refractivity contribution in [3.63, 3.8) is 0 Å². The molecule has 0 aliphatic rings. The molecule has 1 heterocycles. The first-order chi connectivity index (χ1) is 10.2. The van der Waals surface area contributed by atoms with Crippen molar-refractivity contribution in [1.29, 1.82) is 0 Å². The van der Waals surface area contributed by atoms with E-state index in [1.807, 2.05) is 0 Å². The first-order valence-corrected chi connectivity index (χ1v) is 6.35. The molecule has 2 rings (SSSR count). The van der Waals surface area contributed by atoms with E-state index in [0.29, 0.717) is 0 Å². The molecule has 22 heavy (non-hydrogen) atoms. The molecule has 1 unspecified atom stereocenters. The molecule has 0 aliphatic carbocycles. The third-order valence-corrected chi connectivity index (χ3v) is 3.19. The summed E-state index contributed by atoms with van der Waals surface area (Å²) in [6.45, 7) is -0.992. The molecule has 2 N–H and O–H groups in total. The zero-order valence-corrected chi connectivity index (χ0v) is 11.6. The summed E-state index contributed by atoms with van der Waals surface area (Å²) in [5.74, 6) is -0.744. The van der Waals surface area contributed by atoms with Gasteiger partial charge >= 0.3 is 6.18 Å². The third kappa shape index (κ3) is 3.11. The summed E-state index contributed by atoms with van der Waals surface area (Å²) >= 11 is 0. The molecule has 0 aliphatic heterocycles. The summed E-state index contributed by atoms with van der Waals surface area (Å²) in [5, 5.41) is 15.9. The monoisotopic (exact) mass is 313 g/mol. The highest BCUT2D eigenvalue weighted by molar-refractivity contribution is 5.93. The van der Waals surface area contributed by atoms with Crippen LogP contribution >= 0.6 is 0 Å². The van der Waals surface area contributed by atoms with Crippen LogP contribution in [0, 0.1) is 0 Å². The maximum Gasteiger partial charge on any atom is 0.423 e. The van der Waals surface area contributed by atoms with Crippen LogP contribution in [0.4, 0.5) is 13.2 Å². The number of nitrogens with one attached hydrogen (secondary N) is 1. The fourth-order valence-corrected chi connectivity index (χ4v) is 1.93. The van der Waals surface area contributed by atoms with Crippen molar-refractivity contribution in [2.45, 2.75) is 11.8 Å². The second-order valence-electron chi connectivity index (χ2n) is 4.81. The van der Waals surface area contributed by atoms with Crippen molar-refractivity contribution in [3.8, 4) is 0 Å². The average molecular weight is 313 g/mol. The van der Waals surface area contributed by atoms with Crippen LogP contribution in [0.1, 0.15) is 15.9 Å². The number of alkyl halides is 3. The second kappa shape index (κ2) is 5.80. The van der Waals surface area contributed by atoms with Gasteiger partial charge in [-0.1, -0.05) is 30.3 Å². The zero-order valence-electron chi connectivity index (χ0n) is 11.6. The summed E-state index contributed by atoms with van der Waals surface area (Å²) < 4.78 is 41.0. The fraction of sp³-hybridized carbons (Fsp3) is 0.286. The Morgan fingerprint density at radius 2 is 1.95 bits per heavy atom. The van der Waals surface area contributed by atoms with E-state index in [1.165, 1.54) is 35.3 Å². The molecule has 0 saturated carbocycles. The minimum Gasteiger partial charge on any atom is -0.375 e. The van der Waals surface area contributed by atoms with Gasteiger partial charge in [0, 0.05) is 13.2 Å². The molecule has 1 amide bonds. The average Bonchev–Trinajstić information content (AvgIpc) is 2.91. The molecular formula is C14H14F3N3O2. The Morgan fingerprint density at radius 1 is 1.32 bits per heavy atom. The first-order valence-electron chi connectivity index (χ1n) is 6.35. The molecule has 0 saturated heterocycles. The van der Waals surface area contributed by atoms with E-state index in [2.05, 4.69) is 10.4 Å². The Hall–Kier alpha value is -2.35. The number of nitrogens with zero attached hydrogens (tertiary/aromatic N) is 2. The van der Waals surface area contributed by atoms with E-state index in [0.717, 1.165) is 12.1 Å². The molecule has 0 radical (unpaired) electrons. The molecule has 1 atom stereocenters. The maximum atomic E-state index is 13.2. The van der Waals surface area contributed by atoms with Gasteiger partial charge in [-0.25, -0.2) is 0 Å². The van der Waals surface area contributed by atoms with E-state index in [4.69, 9.17) is 0 Å². The van der Waals surface area contributed by atoms with Crippen molar-refractivity contribution in [3.05, 3.63) is 53.9 Å². The highest BCUT2D eigenvalue weighted by atomic mass is 19.4. The molecule has 0 bridgehead atoms. The molecule has 8 heteroatoms. The third-order valence-electron chi connectivity index (χ3n) is 3.19. The molecule has 5 nitrogen and oxygen atoms in total. The fourth-order valence-electron chi connectivity index (χ4n) is 1.93. The Bertz CT molecular complexity index is 655. The Morgan fingerprint density at radius 3 is 2.45 bits per heavy atom. The van der Waals surface area contributed by atoms with Crippen molar-refractivity contribution in [1.82, 2.24) is 15.1 Å². The highest BCUT2D eigenvalue weighted by Crippen LogP contribution is 2.38. The maximum absolute atomic E-state index is 13.2. The summed E-state index contributed by atoms with van der Waals surface area (Å²) in [6, 6.07) is 6.62. The number of aliphatic hydroxyl groups is 1. The number of rotatable bonds is 4. The van der Waals surface area contributed by atoms with Gasteiger partial charge in [-0.15, -0.1) is 0 Å². The zero-order chi connectivity index (χ0) is 16.4. The lowest BCUT2D eigenvalue weighted by Gasteiger charge is -2.31. The Kier molecular flexibility index (Phi) is 4.23. The largest absolute Gasteiger partial charge is 0.423 e. The normalized spacial score (nSPS) is 14.4. The highest BCUT2D eigenvalue weighted by Gasteiger charge is 2.55. The number of hydrogen-bond acceptors (Lipinski definition) is 3. The SMILES string of the molecule is Cn1cc(C(=O)NCC(O)(c2ccccc2)C(F)(F)F)cn1. The van der Waals surface area contributed by atoms with Gasteiger partial charge in [0.05, 0.1) is 18.3 Å². The van der Waals surface area contributed by atoms with Gasteiger partial charge < -0.3 is 10.4 Å². The van der Waals surface area contributed by atoms with Crippen LogP contribution in [0.5, 0.6) is 0 Å². The molecular weight excluding hydrogens is 299 g/mol. The number of amides is 1. The predicted molar refractivity (Wildman–Crippen MR) is 71.9 cm³/mol. The first kappa shape index (κ1) is 16.0. The number of aryl methyl sites for hydroxylation is 1. The molecule has 1 aromatic carbocycles. The van der Waals surface area contributed by atoms with Crippen molar-refractivity contribution >= 4 is 5.91 Å². The molecule has 0 spiro atoms. The summed E-state index contributed by atoms with van der Waals surface area (Å²) in [4.78, 5) is 11.8. The summed E-state index contributed by atoms with van der Waals surface area (Å²) in [5.41, 5.74) is -3.39. The predicted octanol–water partition coefficient (Wildman–Crippen LogP) is 1.60. The van der Waals surface area contributed by atoms with Gasteiger partial charge in [-0.05, 0) is 5.56 Å². The molecule has 0 fully saturated rings. The molecule has 2 aromatic rings. The number of carbonyl (C=O) groups excluding carboxylic acids is 1. The van der Waals surface area contributed by atoms with Gasteiger partial charge in [0.25, 0.3) is 5.91 Å². The number of carbonyl (C=O) groups is 1. The Labute approximate surface area is 124 Å². The van der Waals surface area contributed by atoms with Crippen LogP contribution in [0.25, 0.3) is 0 Å². The van der Waals surface area contributed by atoms with Crippen LogP contribution in [0.15, 0.2) is 42.7 Å². The topological polar surface area (TPSA) is 67.2 Å². The second-order valence-corrected chi connectivity index (χ2v) is 4.81. The van der Waals surface area contributed by atoms with Crippen molar-refractivity contribution in [2.75, 3.05) is 6.54 Å². The quantitative estimate of drug-likeness (QED) is 0.901. The van der Waals surface area contributed by atoms with Gasteiger partial charge in [0.2, 0.25) is 5.60 Å². The molecule has 118 valence electrons. The van der Waals surface area contributed by atoms with E-state index >= 15 is 0 Å². The van der Waals surface area contributed by atoms with Crippen LogP contribution in [-0.4, -0.2) is 33.5 Å². The van der Waals surface area contributed by atoms with E-state index in [1.54, 1.807) is 7.05 Å².